The molecule has 0 fully saturated rings. The monoisotopic (exact) mass is 122 g/mol. The fourth-order valence-corrected chi connectivity index (χ4v) is 0.608. The van der Waals surface area contributed by atoms with Gasteiger partial charge in [-0.25, -0.2) is 0 Å². The van der Waals surface area contributed by atoms with Gasteiger partial charge < -0.3 is 0 Å². The number of aliphatic imine (C=N–C) groups is 1. The molecule has 0 radical (unpaired) electrons. The minimum atomic E-state index is -0.208. The van der Waals surface area contributed by atoms with Gasteiger partial charge in [-0.3, -0.25) is 4.99 Å². The van der Waals surface area contributed by atoms with Crippen LogP contribution in [0.1, 0.15) is 6.42 Å². The molecule has 4 nitrogen and oxygen atoms in total. The SMILES string of the molecule is [N-]=[N+]=NC1CC=CC=N1. The first kappa shape index (κ1) is 5.85. The third-order valence-electron chi connectivity index (χ3n) is 1.01. The molecular formula is C5H6N4. The van der Waals surface area contributed by atoms with Crippen molar-refractivity contribution in [2.24, 2.45) is 10.1 Å². The Morgan fingerprint density at radius 1 is 1.78 bits per heavy atom. The van der Waals surface area contributed by atoms with E-state index in [1.54, 1.807) is 6.21 Å². The molecule has 1 rings (SSSR count). The second kappa shape index (κ2) is 2.89. The van der Waals surface area contributed by atoms with E-state index in [0.717, 1.165) is 6.42 Å². The third kappa shape index (κ3) is 1.58. The van der Waals surface area contributed by atoms with Crippen LogP contribution >= 0.6 is 0 Å². The summed E-state index contributed by atoms with van der Waals surface area (Å²) in [4.78, 5) is 6.52. The topological polar surface area (TPSA) is 61.1 Å². The van der Waals surface area contributed by atoms with E-state index in [4.69, 9.17) is 5.53 Å². The van der Waals surface area contributed by atoms with Crippen LogP contribution in [0.4, 0.5) is 0 Å². The Morgan fingerprint density at radius 3 is 3.22 bits per heavy atom. The van der Waals surface area contributed by atoms with Gasteiger partial charge in [-0.1, -0.05) is 11.2 Å². The first-order valence-corrected chi connectivity index (χ1v) is 2.66. The number of nitrogens with zero attached hydrogens (tertiary/aromatic N) is 4. The van der Waals surface area contributed by atoms with Crippen molar-refractivity contribution in [3.05, 3.63) is 22.6 Å². The largest absolute Gasteiger partial charge is 0.284 e. The van der Waals surface area contributed by atoms with E-state index in [-0.39, 0.29) is 6.17 Å². The van der Waals surface area contributed by atoms with Crippen LogP contribution < -0.4 is 0 Å². The highest BCUT2D eigenvalue weighted by atomic mass is 15.2. The van der Waals surface area contributed by atoms with Gasteiger partial charge in [0.2, 0.25) is 0 Å². The molecule has 1 heterocycles. The number of allylic oxidation sites excluding steroid dienone is 1. The maximum atomic E-state index is 7.98. The van der Waals surface area contributed by atoms with Crippen LogP contribution in [-0.4, -0.2) is 12.4 Å². The van der Waals surface area contributed by atoms with Crippen molar-refractivity contribution < 1.29 is 0 Å². The number of azide groups is 1. The normalized spacial score (nSPS) is 23.3. The Bertz CT molecular complexity index is 187. The molecule has 0 saturated heterocycles. The minimum absolute atomic E-state index is 0.208. The van der Waals surface area contributed by atoms with Crippen LogP contribution in [-0.2, 0) is 0 Å². The van der Waals surface area contributed by atoms with Crippen LogP contribution in [0.3, 0.4) is 0 Å². The molecule has 0 N–H and O–H groups in total. The third-order valence-corrected chi connectivity index (χ3v) is 1.01. The van der Waals surface area contributed by atoms with E-state index in [1.165, 1.54) is 0 Å². The van der Waals surface area contributed by atoms with Crippen molar-refractivity contribution in [3.63, 3.8) is 0 Å². The van der Waals surface area contributed by atoms with Crippen LogP contribution in [0.25, 0.3) is 10.4 Å². The van der Waals surface area contributed by atoms with Gasteiger partial charge in [0.15, 0.2) is 0 Å². The molecule has 0 saturated carbocycles. The van der Waals surface area contributed by atoms with E-state index in [9.17, 15) is 0 Å². The Balaban J connectivity index is 2.55. The Labute approximate surface area is 52.5 Å². The summed E-state index contributed by atoms with van der Waals surface area (Å²) < 4.78 is 0. The number of rotatable bonds is 1. The lowest BCUT2D eigenvalue weighted by Gasteiger charge is -2.02. The molecule has 1 atom stereocenters. The number of dihydropyridines is 1. The van der Waals surface area contributed by atoms with Gasteiger partial charge in [-0.2, -0.15) is 0 Å². The molecule has 0 aliphatic carbocycles. The van der Waals surface area contributed by atoms with E-state index in [2.05, 4.69) is 15.0 Å². The van der Waals surface area contributed by atoms with Gasteiger partial charge in [-0.05, 0) is 18.0 Å². The fourth-order valence-electron chi connectivity index (χ4n) is 0.608. The second-order valence-electron chi connectivity index (χ2n) is 1.65. The van der Waals surface area contributed by atoms with Gasteiger partial charge in [-0.15, -0.1) is 0 Å². The number of hydrogen-bond acceptors (Lipinski definition) is 2. The van der Waals surface area contributed by atoms with E-state index in [1.807, 2.05) is 12.2 Å². The quantitative estimate of drug-likeness (QED) is 0.288. The Morgan fingerprint density at radius 2 is 2.67 bits per heavy atom. The molecular weight excluding hydrogens is 116 g/mol. The summed E-state index contributed by atoms with van der Waals surface area (Å²) in [6.45, 7) is 0. The van der Waals surface area contributed by atoms with E-state index >= 15 is 0 Å². The lowest BCUT2D eigenvalue weighted by atomic mass is 10.3. The van der Waals surface area contributed by atoms with Gasteiger partial charge in [0, 0.05) is 11.1 Å². The molecule has 0 aromatic heterocycles. The summed E-state index contributed by atoms with van der Waals surface area (Å²) in [6.07, 6.45) is 5.92. The molecule has 0 aromatic rings. The molecule has 1 unspecified atom stereocenters. The molecule has 0 amide bonds. The summed E-state index contributed by atoms with van der Waals surface area (Å²) in [5.74, 6) is 0. The molecule has 4 heteroatoms. The first-order valence-electron chi connectivity index (χ1n) is 2.66. The highest BCUT2D eigenvalue weighted by Crippen LogP contribution is 2.03. The average molecular weight is 122 g/mol. The van der Waals surface area contributed by atoms with Gasteiger partial charge in [0.1, 0.15) is 6.17 Å². The Hall–Kier alpha value is -1.28. The van der Waals surface area contributed by atoms with Crippen molar-refractivity contribution in [1.29, 1.82) is 0 Å². The summed E-state index contributed by atoms with van der Waals surface area (Å²) >= 11 is 0. The van der Waals surface area contributed by atoms with Crippen molar-refractivity contribution in [3.8, 4) is 0 Å². The summed E-state index contributed by atoms with van der Waals surface area (Å²) in [5, 5.41) is 3.42. The van der Waals surface area contributed by atoms with Crippen molar-refractivity contribution >= 4 is 6.21 Å². The fraction of sp³-hybridized carbons (Fsp3) is 0.400. The van der Waals surface area contributed by atoms with E-state index in [0.29, 0.717) is 0 Å². The zero-order valence-electron chi connectivity index (χ0n) is 4.81. The number of hydrogen-bond donors (Lipinski definition) is 0. The van der Waals surface area contributed by atoms with Crippen LogP contribution in [0, 0.1) is 0 Å². The van der Waals surface area contributed by atoms with Gasteiger partial charge >= 0.3 is 0 Å². The molecule has 9 heavy (non-hydrogen) atoms. The summed E-state index contributed by atoms with van der Waals surface area (Å²) in [6, 6.07) is 0. The van der Waals surface area contributed by atoms with Crippen LogP contribution in [0.5, 0.6) is 0 Å². The molecule has 0 spiro atoms. The maximum absolute atomic E-state index is 7.98. The lowest BCUT2D eigenvalue weighted by Crippen LogP contribution is -1.99. The first-order chi connectivity index (χ1) is 4.43. The molecule has 0 bridgehead atoms. The highest BCUT2D eigenvalue weighted by molar-refractivity contribution is 5.72. The second-order valence-corrected chi connectivity index (χ2v) is 1.65. The van der Waals surface area contributed by atoms with Crippen LogP contribution in [0.15, 0.2) is 22.3 Å². The lowest BCUT2D eigenvalue weighted by molar-refractivity contribution is 0.714. The van der Waals surface area contributed by atoms with Gasteiger partial charge in [0.05, 0.1) is 0 Å². The van der Waals surface area contributed by atoms with Crippen molar-refractivity contribution in [2.45, 2.75) is 12.6 Å². The Kier molecular flexibility index (Phi) is 1.88. The molecule has 1 aliphatic rings. The average Bonchev–Trinajstić information content (AvgIpc) is 1.91. The predicted octanol–water partition coefficient (Wildman–Crippen LogP) is 1.65. The zero-order chi connectivity index (χ0) is 6.53. The van der Waals surface area contributed by atoms with E-state index < -0.39 is 0 Å². The zero-order valence-corrected chi connectivity index (χ0v) is 4.81. The standard InChI is InChI=1S/C5H6N4/c6-9-8-5-3-1-2-4-7-5/h1-2,4-5H,3H2. The predicted molar refractivity (Wildman–Crippen MR) is 35.2 cm³/mol. The molecule has 46 valence electrons. The minimum Gasteiger partial charge on any atom is -0.284 e. The molecule has 0 aromatic carbocycles. The van der Waals surface area contributed by atoms with Gasteiger partial charge in [0.25, 0.3) is 0 Å². The van der Waals surface area contributed by atoms with Crippen LogP contribution in [0.2, 0.25) is 0 Å². The maximum Gasteiger partial charge on any atom is 0.132 e. The smallest absolute Gasteiger partial charge is 0.132 e. The van der Waals surface area contributed by atoms with Crippen molar-refractivity contribution in [1.82, 2.24) is 0 Å². The molecule has 1 aliphatic heterocycles. The van der Waals surface area contributed by atoms with Crippen molar-refractivity contribution in [2.75, 3.05) is 0 Å². The summed E-state index contributed by atoms with van der Waals surface area (Å²) in [5.41, 5.74) is 7.98. The highest BCUT2D eigenvalue weighted by Gasteiger charge is 2.00. The summed E-state index contributed by atoms with van der Waals surface area (Å²) in [7, 11) is 0.